The van der Waals surface area contributed by atoms with E-state index in [-0.39, 0.29) is 16.8 Å². The van der Waals surface area contributed by atoms with Gasteiger partial charge in [0.1, 0.15) is 0 Å². The normalized spacial score (nSPS) is 19.2. The van der Waals surface area contributed by atoms with Gasteiger partial charge in [-0.05, 0) is 37.0 Å². The molecular formula is C18H28N4O4S. The Kier molecular flexibility index (Phi) is 6.05. The maximum Gasteiger partial charge on any atom is 0.253 e. The van der Waals surface area contributed by atoms with Crippen LogP contribution in [0.3, 0.4) is 0 Å². The van der Waals surface area contributed by atoms with Crippen molar-refractivity contribution in [1.82, 2.24) is 9.62 Å². The van der Waals surface area contributed by atoms with Gasteiger partial charge in [0.25, 0.3) is 5.91 Å². The largest absolute Gasteiger partial charge is 0.378 e. The van der Waals surface area contributed by atoms with Crippen LogP contribution >= 0.6 is 0 Å². The molecule has 1 unspecified atom stereocenters. The zero-order valence-electron chi connectivity index (χ0n) is 15.8. The molecule has 2 fully saturated rings. The second kappa shape index (κ2) is 8.14. The molecular weight excluding hydrogens is 368 g/mol. The standard InChI is InChI=1S/C18H28N4O4S/c1-21(2)27(24,25)14-5-6-17(22-7-9-26-10-8-22)15(11-14)18(23)20-12-16(19)13-3-4-13/h5-6,11,13,16H,3-4,7-10,12,19H2,1-2H3,(H,20,23). The number of hydrogen-bond donors (Lipinski definition) is 2. The van der Waals surface area contributed by atoms with Crippen molar-refractivity contribution < 1.29 is 17.9 Å². The molecule has 0 radical (unpaired) electrons. The van der Waals surface area contributed by atoms with Crippen molar-refractivity contribution in [2.24, 2.45) is 11.7 Å². The zero-order chi connectivity index (χ0) is 19.6. The number of ether oxygens (including phenoxy) is 1. The molecule has 3 rings (SSSR count). The van der Waals surface area contributed by atoms with Crippen LogP contribution in [-0.2, 0) is 14.8 Å². The van der Waals surface area contributed by atoms with Gasteiger partial charge in [-0.1, -0.05) is 0 Å². The molecule has 1 heterocycles. The summed E-state index contributed by atoms with van der Waals surface area (Å²) in [6.07, 6.45) is 2.21. The number of nitrogens with one attached hydrogen (secondary N) is 1. The minimum atomic E-state index is -3.63. The molecule has 1 aliphatic heterocycles. The molecule has 0 bridgehead atoms. The first-order valence-corrected chi connectivity index (χ1v) is 10.7. The van der Waals surface area contributed by atoms with Crippen LogP contribution in [0.4, 0.5) is 5.69 Å². The highest BCUT2D eigenvalue weighted by Crippen LogP contribution is 2.31. The van der Waals surface area contributed by atoms with E-state index in [0.717, 1.165) is 17.1 Å². The van der Waals surface area contributed by atoms with Crippen molar-refractivity contribution in [3.63, 3.8) is 0 Å². The van der Waals surface area contributed by atoms with Crippen LogP contribution in [-0.4, -0.2) is 71.6 Å². The van der Waals surface area contributed by atoms with Crippen molar-refractivity contribution in [1.29, 1.82) is 0 Å². The zero-order valence-corrected chi connectivity index (χ0v) is 16.7. The third-order valence-electron chi connectivity index (χ3n) is 5.07. The Morgan fingerprint density at radius 1 is 1.33 bits per heavy atom. The lowest BCUT2D eigenvalue weighted by atomic mass is 10.1. The van der Waals surface area contributed by atoms with Gasteiger partial charge in [-0.3, -0.25) is 4.79 Å². The third kappa shape index (κ3) is 4.60. The molecule has 27 heavy (non-hydrogen) atoms. The summed E-state index contributed by atoms with van der Waals surface area (Å²) in [6, 6.07) is 4.65. The monoisotopic (exact) mass is 396 g/mol. The lowest BCUT2D eigenvalue weighted by Gasteiger charge is -2.30. The maximum absolute atomic E-state index is 12.9. The van der Waals surface area contributed by atoms with Gasteiger partial charge in [0, 0.05) is 45.5 Å². The van der Waals surface area contributed by atoms with E-state index in [1.807, 2.05) is 4.90 Å². The van der Waals surface area contributed by atoms with Gasteiger partial charge in [0.05, 0.1) is 23.7 Å². The molecule has 1 amide bonds. The molecule has 1 atom stereocenters. The van der Waals surface area contributed by atoms with E-state index in [0.29, 0.717) is 50.0 Å². The molecule has 0 spiro atoms. The van der Waals surface area contributed by atoms with Crippen LogP contribution in [0.5, 0.6) is 0 Å². The summed E-state index contributed by atoms with van der Waals surface area (Å²) >= 11 is 0. The van der Waals surface area contributed by atoms with E-state index in [9.17, 15) is 13.2 Å². The molecule has 150 valence electrons. The summed E-state index contributed by atoms with van der Waals surface area (Å²) in [7, 11) is -0.686. The minimum Gasteiger partial charge on any atom is -0.378 e. The molecule has 2 aliphatic rings. The van der Waals surface area contributed by atoms with E-state index >= 15 is 0 Å². The molecule has 8 nitrogen and oxygen atoms in total. The fourth-order valence-corrected chi connectivity index (χ4v) is 4.07. The van der Waals surface area contributed by atoms with E-state index < -0.39 is 10.0 Å². The number of sulfonamides is 1. The van der Waals surface area contributed by atoms with Gasteiger partial charge in [-0.15, -0.1) is 0 Å². The lowest BCUT2D eigenvalue weighted by molar-refractivity contribution is 0.0948. The van der Waals surface area contributed by atoms with E-state index in [1.165, 1.54) is 20.2 Å². The molecule has 3 N–H and O–H groups in total. The van der Waals surface area contributed by atoms with Gasteiger partial charge in [-0.2, -0.15) is 0 Å². The van der Waals surface area contributed by atoms with Crippen molar-refractivity contribution in [2.45, 2.75) is 23.8 Å². The van der Waals surface area contributed by atoms with Crippen LogP contribution in [0.15, 0.2) is 23.1 Å². The average molecular weight is 397 g/mol. The Morgan fingerprint density at radius 3 is 2.59 bits per heavy atom. The Labute approximate surface area is 160 Å². The summed E-state index contributed by atoms with van der Waals surface area (Å²) in [5.74, 6) is 0.174. The van der Waals surface area contributed by atoms with Crippen LogP contribution in [0, 0.1) is 5.92 Å². The second-order valence-corrected chi connectivity index (χ2v) is 9.43. The number of carbonyl (C=O) groups excluding carboxylic acids is 1. The number of nitrogens with zero attached hydrogens (tertiary/aromatic N) is 2. The Hall–Kier alpha value is -1.68. The van der Waals surface area contributed by atoms with Crippen LogP contribution < -0.4 is 16.0 Å². The third-order valence-corrected chi connectivity index (χ3v) is 6.88. The fraction of sp³-hybridized carbons (Fsp3) is 0.611. The van der Waals surface area contributed by atoms with Crippen LogP contribution in [0.25, 0.3) is 0 Å². The molecule has 1 saturated carbocycles. The fourth-order valence-electron chi connectivity index (χ4n) is 3.15. The smallest absolute Gasteiger partial charge is 0.253 e. The summed E-state index contributed by atoms with van der Waals surface area (Å²) < 4.78 is 31.5. The minimum absolute atomic E-state index is 0.0607. The SMILES string of the molecule is CN(C)S(=O)(=O)c1ccc(N2CCOCC2)c(C(=O)NCC(N)C2CC2)c1. The van der Waals surface area contributed by atoms with Crippen molar-refractivity contribution >= 4 is 21.6 Å². The van der Waals surface area contributed by atoms with Crippen molar-refractivity contribution in [3.05, 3.63) is 23.8 Å². The quantitative estimate of drug-likeness (QED) is 0.684. The number of rotatable bonds is 7. The highest BCUT2D eigenvalue weighted by atomic mass is 32.2. The first-order chi connectivity index (χ1) is 12.8. The number of amides is 1. The van der Waals surface area contributed by atoms with Crippen LogP contribution in [0.2, 0.25) is 0 Å². The number of anilines is 1. The second-order valence-electron chi connectivity index (χ2n) is 7.28. The summed E-state index contributed by atoms with van der Waals surface area (Å²) in [6.45, 7) is 2.84. The number of benzene rings is 1. The number of hydrogen-bond acceptors (Lipinski definition) is 6. The van der Waals surface area contributed by atoms with Gasteiger partial charge in [-0.25, -0.2) is 12.7 Å². The predicted molar refractivity (Wildman–Crippen MR) is 103 cm³/mol. The Morgan fingerprint density at radius 2 is 2.00 bits per heavy atom. The van der Waals surface area contributed by atoms with Crippen molar-refractivity contribution in [2.75, 3.05) is 51.8 Å². The topological polar surface area (TPSA) is 105 Å². The average Bonchev–Trinajstić information content (AvgIpc) is 3.51. The Bertz CT molecular complexity index is 787. The Balaban J connectivity index is 1.89. The van der Waals surface area contributed by atoms with Crippen LogP contribution in [0.1, 0.15) is 23.2 Å². The van der Waals surface area contributed by atoms with Gasteiger partial charge in [0.15, 0.2) is 0 Å². The summed E-state index contributed by atoms with van der Waals surface area (Å²) in [4.78, 5) is 15.0. The highest BCUT2D eigenvalue weighted by Gasteiger charge is 2.29. The molecule has 9 heteroatoms. The molecule has 1 aliphatic carbocycles. The van der Waals surface area contributed by atoms with Gasteiger partial charge in [0.2, 0.25) is 10.0 Å². The summed E-state index contributed by atoms with van der Waals surface area (Å²) in [5, 5.41) is 2.88. The van der Waals surface area contributed by atoms with Gasteiger partial charge < -0.3 is 20.7 Å². The summed E-state index contributed by atoms with van der Waals surface area (Å²) in [5.41, 5.74) is 7.15. The maximum atomic E-state index is 12.9. The van der Waals surface area contributed by atoms with E-state index in [4.69, 9.17) is 10.5 Å². The van der Waals surface area contributed by atoms with Gasteiger partial charge >= 0.3 is 0 Å². The van der Waals surface area contributed by atoms with E-state index in [2.05, 4.69) is 5.32 Å². The lowest BCUT2D eigenvalue weighted by Crippen LogP contribution is -2.40. The molecule has 1 aromatic rings. The highest BCUT2D eigenvalue weighted by molar-refractivity contribution is 7.89. The molecule has 1 saturated heterocycles. The first-order valence-electron chi connectivity index (χ1n) is 9.23. The molecule has 1 aromatic carbocycles. The number of morpholine rings is 1. The number of nitrogens with two attached hydrogens (primary N) is 1. The van der Waals surface area contributed by atoms with E-state index in [1.54, 1.807) is 12.1 Å². The predicted octanol–water partition coefficient (Wildman–Crippen LogP) is 0.241. The van der Waals surface area contributed by atoms with Crippen molar-refractivity contribution in [3.8, 4) is 0 Å². The first kappa shape index (κ1) is 20.1. The molecule has 0 aromatic heterocycles. The number of carbonyl (C=O) groups is 1.